The molecular formula is C62H41N3OS2. The minimum atomic E-state index is -0.337. The van der Waals surface area contributed by atoms with Gasteiger partial charge >= 0.3 is 0 Å². The predicted octanol–water partition coefficient (Wildman–Crippen LogP) is 17.4. The number of rotatable bonds is 4. The molecular weight excluding hydrogens is 867 g/mol. The van der Waals surface area contributed by atoms with Crippen LogP contribution in [0.25, 0.3) is 100 Å². The van der Waals surface area contributed by atoms with Gasteiger partial charge in [-0.15, -0.1) is 22.7 Å². The number of furan rings is 1. The van der Waals surface area contributed by atoms with Crippen molar-refractivity contribution >= 4 is 129 Å². The first-order valence-corrected chi connectivity index (χ1v) is 25.2. The summed E-state index contributed by atoms with van der Waals surface area (Å²) in [5.41, 5.74) is 10.2. The summed E-state index contributed by atoms with van der Waals surface area (Å²) in [5.74, 6) is 0.999. The van der Waals surface area contributed by atoms with E-state index in [1.165, 1.54) is 89.4 Å². The number of allylic oxidation sites excluding steroid dienone is 3. The second-order valence-electron chi connectivity index (χ2n) is 18.4. The number of thiophene rings is 2. The summed E-state index contributed by atoms with van der Waals surface area (Å²) < 4.78 is 15.1. The van der Waals surface area contributed by atoms with E-state index in [0.29, 0.717) is 0 Å². The lowest BCUT2D eigenvalue weighted by atomic mass is 9.87. The van der Waals surface area contributed by atoms with Crippen molar-refractivity contribution in [1.29, 1.82) is 0 Å². The zero-order valence-electron chi connectivity index (χ0n) is 36.9. The second-order valence-corrected chi connectivity index (χ2v) is 20.6. The molecule has 2 atom stereocenters. The third-order valence-electron chi connectivity index (χ3n) is 14.6. The van der Waals surface area contributed by atoms with Crippen LogP contribution in [-0.2, 0) is 0 Å². The monoisotopic (exact) mass is 907 g/mol. The van der Waals surface area contributed by atoms with Gasteiger partial charge in [-0.25, -0.2) is 0 Å². The quantitative estimate of drug-likeness (QED) is 0.191. The predicted molar refractivity (Wildman–Crippen MR) is 290 cm³/mol. The lowest BCUT2D eigenvalue weighted by Crippen LogP contribution is -2.25. The molecule has 2 aliphatic rings. The molecule has 1 aliphatic carbocycles. The Morgan fingerprint density at radius 3 is 1.97 bits per heavy atom. The fourth-order valence-electron chi connectivity index (χ4n) is 11.5. The highest BCUT2D eigenvalue weighted by Gasteiger charge is 2.34. The lowest BCUT2D eigenvalue weighted by Gasteiger charge is -2.29. The molecule has 6 heteroatoms. The Balaban J connectivity index is 0.910. The van der Waals surface area contributed by atoms with Crippen molar-refractivity contribution < 1.29 is 4.42 Å². The van der Waals surface area contributed by atoms with E-state index in [-0.39, 0.29) is 12.2 Å². The van der Waals surface area contributed by atoms with Crippen LogP contribution in [-0.4, -0.2) is 10.3 Å². The van der Waals surface area contributed by atoms with E-state index in [4.69, 9.17) is 9.41 Å². The maximum Gasteiger partial charge on any atom is 0.145 e. The summed E-state index contributed by atoms with van der Waals surface area (Å²) in [6.45, 7) is 0. The number of hydrogen-bond acceptors (Lipinski definition) is 5. The Morgan fingerprint density at radius 2 is 1.16 bits per heavy atom. The highest BCUT2D eigenvalue weighted by molar-refractivity contribution is 7.26. The average Bonchev–Trinajstić information content (AvgIpc) is 4.14. The Morgan fingerprint density at radius 1 is 0.515 bits per heavy atom. The molecule has 0 bridgehead atoms. The first kappa shape index (κ1) is 38.3. The molecule has 0 saturated carbocycles. The normalized spacial score (nSPS) is 16.7. The summed E-state index contributed by atoms with van der Waals surface area (Å²) in [6, 6.07) is 66.9. The number of fused-ring (bicyclic) bond motifs is 15. The van der Waals surface area contributed by atoms with Crippen molar-refractivity contribution in [1.82, 2.24) is 9.88 Å². The van der Waals surface area contributed by atoms with Crippen molar-refractivity contribution in [2.24, 2.45) is 4.99 Å². The molecule has 68 heavy (non-hydrogen) atoms. The molecule has 4 aromatic heterocycles. The van der Waals surface area contributed by atoms with Gasteiger partial charge in [0.05, 0.1) is 11.6 Å². The summed E-state index contributed by atoms with van der Waals surface area (Å²) in [6.07, 6.45) is 6.99. The van der Waals surface area contributed by atoms with Crippen LogP contribution >= 0.6 is 22.7 Å². The number of nitrogens with one attached hydrogen (secondary N) is 1. The fourth-order valence-corrected chi connectivity index (χ4v) is 13.8. The number of aliphatic imine (C=N–C) groups is 1. The van der Waals surface area contributed by atoms with Gasteiger partial charge in [-0.3, -0.25) is 4.99 Å². The molecule has 0 radical (unpaired) electrons. The lowest BCUT2D eigenvalue weighted by molar-refractivity contribution is 0.460. The number of benzene rings is 9. The topological polar surface area (TPSA) is 42.5 Å². The van der Waals surface area contributed by atoms with E-state index < -0.39 is 0 Å². The van der Waals surface area contributed by atoms with Gasteiger partial charge in [-0.1, -0.05) is 146 Å². The Hall–Kier alpha value is -7.77. The molecule has 9 aromatic carbocycles. The molecule has 1 aliphatic heterocycles. The maximum atomic E-state index is 7.38. The second kappa shape index (κ2) is 14.9. The largest absolute Gasteiger partial charge is 0.458 e. The summed E-state index contributed by atoms with van der Waals surface area (Å²) >= 11 is 3.72. The highest BCUT2D eigenvalue weighted by atomic mass is 32.1. The zero-order valence-corrected chi connectivity index (χ0v) is 38.5. The molecule has 5 heterocycles. The molecule has 0 fully saturated rings. The van der Waals surface area contributed by atoms with Gasteiger partial charge in [0.15, 0.2) is 0 Å². The Labute approximate surface area is 399 Å². The van der Waals surface area contributed by atoms with Crippen LogP contribution in [0.4, 0.5) is 0 Å². The molecule has 13 aromatic rings. The first-order chi connectivity index (χ1) is 33.7. The van der Waals surface area contributed by atoms with Crippen LogP contribution in [0.15, 0.2) is 209 Å². The molecule has 15 rings (SSSR count). The number of hydrogen-bond donors (Lipinski definition) is 1. The molecule has 0 spiro atoms. The van der Waals surface area contributed by atoms with Gasteiger partial charge in [0.1, 0.15) is 17.5 Å². The van der Waals surface area contributed by atoms with Gasteiger partial charge in [0, 0.05) is 90.0 Å². The standard InChI is InChI=1S/C62H41N3OS2/c1-2-14-38-33-54-49(32-37(38)13-1)42-16-5-8-21-52(42)65(54)53-31-30-47(59-48-29-24-36-12-3-4-15-41(36)60(48)66-61(53)59)51-20-11-19-50(39-25-27-45-43-17-6-9-22-55(43)67-57(45)34-39)63-62(64-51)40-26-28-46-44-18-7-10-23-56(44)68-58(46)35-40/h1-10,12-18,20-30,32-35,53,62,64H,11,19,31H2. The summed E-state index contributed by atoms with van der Waals surface area (Å²) in [7, 11) is 0. The summed E-state index contributed by atoms with van der Waals surface area (Å²) in [4.78, 5) is 5.76. The van der Waals surface area contributed by atoms with E-state index in [9.17, 15) is 0 Å². The first-order valence-electron chi connectivity index (χ1n) is 23.6. The number of aromatic nitrogens is 1. The Bertz CT molecular complexity index is 4360. The highest BCUT2D eigenvalue weighted by Crippen LogP contribution is 2.49. The number of para-hydroxylation sites is 1. The van der Waals surface area contributed by atoms with Crippen LogP contribution < -0.4 is 5.32 Å². The van der Waals surface area contributed by atoms with Crippen molar-refractivity contribution in [3.05, 3.63) is 222 Å². The summed E-state index contributed by atoms with van der Waals surface area (Å²) in [5, 5.41) is 17.8. The van der Waals surface area contributed by atoms with E-state index in [1.807, 2.05) is 22.7 Å². The third-order valence-corrected chi connectivity index (χ3v) is 16.9. The van der Waals surface area contributed by atoms with Crippen molar-refractivity contribution in [3.63, 3.8) is 0 Å². The minimum absolute atomic E-state index is 0.0720. The van der Waals surface area contributed by atoms with E-state index in [0.717, 1.165) is 63.9 Å². The Kier molecular flexibility index (Phi) is 8.38. The van der Waals surface area contributed by atoms with Crippen LogP contribution in [0.2, 0.25) is 0 Å². The van der Waals surface area contributed by atoms with E-state index in [1.54, 1.807) is 0 Å². The van der Waals surface area contributed by atoms with Gasteiger partial charge in [-0.2, -0.15) is 0 Å². The molecule has 1 N–H and O–H groups in total. The minimum Gasteiger partial charge on any atom is -0.458 e. The van der Waals surface area contributed by atoms with E-state index in [2.05, 4.69) is 204 Å². The zero-order chi connectivity index (χ0) is 44.5. The van der Waals surface area contributed by atoms with Gasteiger partial charge < -0.3 is 14.3 Å². The van der Waals surface area contributed by atoms with Gasteiger partial charge in [0.2, 0.25) is 0 Å². The average molecular weight is 908 g/mol. The SMILES string of the molecule is C1=C(C2=CCC(n3c4ccccc4c4cc5ccccc5cc43)c3oc4c(ccc5ccccc54)c32)NC(c2ccc3c(c2)sc2ccccc23)N=C(c2ccc3c(c2)sc2ccccc23)CC1. The number of nitrogens with zero attached hydrogens (tertiary/aromatic N) is 2. The fraction of sp³-hybridized carbons (Fsp3) is 0.0806. The van der Waals surface area contributed by atoms with Crippen LogP contribution in [0.1, 0.15) is 53.9 Å². The molecule has 4 nitrogen and oxygen atoms in total. The van der Waals surface area contributed by atoms with Crippen LogP contribution in [0.5, 0.6) is 0 Å². The van der Waals surface area contributed by atoms with Crippen molar-refractivity contribution in [2.75, 3.05) is 0 Å². The van der Waals surface area contributed by atoms with Gasteiger partial charge in [-0.05, 0) is 95.1 Å². The molecule has 0 amide bonds. The van der Waals surface area contributed by atoms with E-state index >= 15 is 0 Å². The third kappa shape index (κ3) is 5.81. The van der Waals surface area contributed by atoms with Crippen molar-refractivity contribution in [3.8, 4) is 0 Å². The maximum absolute atomic E-state index is 7.38. The van der Waals surface area contributed by atoms with Crippen LogP contribution in [0, 0.1) is 0 Å². The van der Waals surface area contributed by atoms with Crippen molar-refractivity contribution in [2.45, 2.75) is 31.5 Å². The molecule has 322 valence electrons. The smallest absolute Gasteiger partial charge is 0.145 e. The van der Waals surface area contributed by atoms with Crippen LogP contribution in [0.3, 0.4) is 0 Å². The molecule has 2 unspecified atom stereocenters. The van der Waals surface area contributed by atoms with Gasteiger partial charge in [0.25, 0.3) is 0 Å². The molecule has 0 saturated heterocycles.